The molecule has 124 valence electrons. The van der Waals surface area contributed by atoms with Crippen LogP contribution in [0.2, 0.25) is 0 Å². The van der Waals surface area contributed by atoms with Crippen LogP contribution in [0.4, 0.5) is 4.79 Å². The van der Waals surface area contributed by atoms with Gasteiger partial charge in [0.05, 0.1) is 6.10 Å². The Morgan fingerprint density at radius 3 is 3.09 bits per heavy atom. The van der Waals surface area contributed by atoms with Gasteiger partial charge in [-0.1, -0.05) is 6.92 Å². The minimum atomic E-state index is -0.326. The second-order valence-corrected chi connectivity index (χ2v) is 6.93. The lowest BCUT2D eigenvalue weighted by Crippen LogP contribution is -2.46. The number of hydrogen-bond donors (Lipinski definition) is 3. The van der Waals surface area contributed by atoms with Gasteiger partial charge in [0.1, 0.15) is 0 Å². The van der Waals surface area contributed by atoms with E-state index in [1.807, 2.05) is 18.3 Å². The maximum Gasteiger partial charge on any atom is 0.314 e. The van der Waals surface area contributed by atoms with Crippen LogP contribution in [-0.2, 0) is 13.0 Å². The Bertz CT molecular complexity index is 478. The third-order valence-corrected chi connectivity index (χ3v) is 5.28. The van der Waals surface area contributed by atoms with E-state index in [9.17, 15) is 9.90 Å². The zero-order valence-corrected chi connectivity index (χ0v) is 14.3. The summed E-state index contributed by atoms with van der Waals surface area (Å²) in [6.45, 7) is 7.27. The summed E-state index contributed by atoms with van der Waals surface area (Å²) in [5.74, 6) is 0. The van der Waals surface area contributed by atoms with Crippen molar-refractivity contribution in [2.75, 3.05) is 19.6 Å². The number of amides is 2. The molecule has 22 heavy (non-hydrogen) atoms. The Hall–Kier alpha value is -1.11. The van der Waals surface area contributed by atoms with E-state index in [0.717, 1.165) is 25.9 Å². The number of aliphatic hydroxyl groups excluding tert-OH is 1. The van der Waals surface area contributed by atoms with Gasteiger partial charge in [0.25, 0.3) is 0 Å². The standard InChI is InChI=1S/C16H27N3O2S/c1-3-14(20)4-7-17-16(21)18-10-12(2)19-8-5-15-13(11-19)6-9-22-15/h6,9,12,14,20H,3-5,7-8,10-11H2,1-2H3,(H2,17,18,21). The van der Waals surface area contributed by atoms with Crippen LogP contribution in [0.1, 0.15) is 37.1 Å². The van der Waals surface area contributed by atoms with E-state index >= 15 is 0 Å². The molecule has 6 heteroatoms. The van der Waals surface area contributed by atoms with Crippen LogP contribution in [0.15, 0.2) is 11.4 Å². The number of carbonyl (C=O) groups excluding carboxylic acids is 1. The van der Waals surface area contributed by atoms with E-state index < -0.39 is 0 Å². The molecule has 0 aromatic carbocycles. The molecule has 2 unspecified atom stereocenters. The molecular weight excluding hydrogens is 298 g/mol. The Morgan fingerprint density at radius 2 is 2.32 bits per heavy atom. The quantitative estimate of drug-likeness (QED) is 0.718. The normalized spacial score (nSPS) is 17.6. The van der Waals surface area contributed by atoms with Crippen LogP contribution in [0.5, 0.6) is 0 Å². The molecule has 0 bridgehead atoms. The molecule has 0 fully saturated rings. The van der Waals surface area contributed by atoms with Crippen molar-refractivity contribution >= 4 is 17.4 Å². The maximum absolute atomic E-state index is 11.7. The number of aliphatic hydroxyl groups is 1. The number of nitrogens with one attached hydrogen (secondary N) is 2. The molecule has 2 amide bonds. The Balaban J connectivity index is 1.65. The molecule has 1 aliphatic rings. The highest BCUT2D eigenvalue weighted by Crippen LogP contribution is 2.24. The van der Waals surface area contributed by atoms with E-state index in [0.29, 0.717) is 25.6 Å². The molecule has 0 saturated heterocycles. The fourth-order valence-electron chi connectivity index (χ4n) is 2.63. The van der Waals surface area contributed by atoms with Crippen LogP contribution < -0.4 is 10.6 Å². The largest absolute Gasteiger partial charge is 0.393 e. The predicted octanol–water partition coefficient (Wildman–Crippen LogP) is 1.95. The molecule has 0 saturated carbocycles. The first-order valence-electron chi connectivity index (χ1n) is 8.09. The van der Waals surface area contributed by atoms with Crippen molar-refractivity contribution in [1.82, 2.24) is 15.5 Å². The SMILES string of the molecule is CCC(O)CCNC(=O)NCC(C)N1CCc2sccc2C1. The summed E-state index contributed by atoms with van der Waals surface area (Å²) in [4.78, 5) is 15.7. The highest BCUT2D eigenvalue weighted by atomic mass is 32.1. The molecule has 2 atom stereocenters. The van der Waals surface area contributed by atoms with Gasteiger partial charge < -0.3 is 15.7 Å². The molecule has 0 spiro atoms. The summed E-state index contributed by atoms with van der Waals surface area (Å²) in [6.07, 6.45) is 2.11. The van der Waals surface area contributed by atoms with Gasteiger partial charge in [-0.3, -0.25) is 4.90 Å². The van der Waals surface area contributed by atoms with E-state index in [-0.39, 0.29) is 12.1 Å². The van der Waals surface area contributed by atoms with Crippen LogP contribution >= 0.6 is 11.3 Å². The average molecular weight is 325 g/mol. The fourth-order valence-corrected chi connectivity index (χ4v) is 3.52. The molecule has 2 rings (SSSR count). The third-order valence-electron chi connectivity index (χ3n) is 4.25. The molecule has 2 heterocycles. The minimum Gasteiger partial charge on any atom is -0.393 e. The summed E-state index contributed by atoms with van der Waals surface area (Å²) in [5, 5.41) is 17.3. The second kappa shape index (κ2) is 8.50. The summed E-state index contributed by atoms with van der Waals surface area (Å²) >= 11 is 1.84. The summed E-state index contributed by atoms with van der Waals surface area (Å²) in [7, 11) is 0. The van der Waals surface area contributed by atoms with Gasteiger partial charge in [0, 0.05) is 37.1 Å². The van der Waals surface area contributed by atoms with Gasteiger partial charge in [-0.05, 0) is 43.2 Å². The third kappa shape index (κ3) is 4.97. The van der Waals surface area contributed by atoms with Crippen LogP contribution in [0.3, 0.4) is 0 Å². The Morgan fingerprint density at radius 1 is 1.50 bits per heavy atom. The zero-order chi connectivity index (χ0) is 15.9. The number of carbonyl (C=O) groups is 1. The highest BCUT2D eigenvalue weighted by Gasteiger charge is 2.21. The number of nitrogens with zero attached hydrogens (tertiary/aromatic N) is 1. The zero-order valence-electron chi connectivity index (χ0n) is 13.5. The first-order valence-corrected chi connectivity index (χ1v) is 8.97. The lowest BCUT2D eigenvalue weighted by atomic mass is 10.1. The van der Waals surface area contributed by atoms with Crippen LogP contribution in [0.25, 0.3) is 0 Å². The topological polar surface area (TPSA) is 64.6 Å². The number of fused-ring (bicyclic) bond motifs is 1. The maximum atomic E-state index is 11.7. The average Bonchev–Trinajstić information content (AvgIpc) is 2.99. The predicted molar refractivity (Wildman–Crippen MR) is 90.2 cm³/mol. The summed E-state index contributed by atoms with van der Waals surface area (Å²) < 4.78 is 0. The van der Waals surface area contributed by atoms with Crippen molar-refractivity contribution in [2.45, 2.75) is 51.8 Å². The van der Waals surface area contributed by atoms with Crippen molar-refractivity contribution in [3.63, 3.8) is 0 Å². The molecule has 0 radical (unpaired) electrons. The van der Waals surface area contributed by atoms with Crippen molar-refractivity contribution < 1.29 is 9.90 Å². The molecule has 0 aliphatic carbocycles. The number of thiophene rings is 1. The molecule has 5 nitrogen and oxygen atoms in total. The van der Waals surface area contributed by atoms with Crippen molar-refractivity contribution in [3.05, 3.63) is 21.9 Å². The highest BCUT2D eigenvalue weighted by molar-refractivity contribution is 7.10. The Labute approximate surface area is 136 Å². The van der Waals surface area contributed by atoms with Crippen molar-refractivity contribution in [3.8, 4) is 0 Å². The minimum absolute atomic E-state index is 0.150. The van der Waals surface area contributed by atoms with E-state index in [1.54, 1.807) is 0 Å². The van der Waals surface area contributed by atoms with Crippen molar-refractivity contribution in [2.24, 2.45) is 0 Å². The first kappa shape index (κ1) is 17.2. The molecule has 1 aromatic heterocycles. The lowest BCUT2D eigenvalue weighted by Gasteiger charge is -2.32. The number of urea groups is 1. The molecular formula is C16H27N3O2S. The number of rotatable bonds is 7. The van der Waals surface area contributed by atoms with Crippen LogP contribution in [0, 0.1) is 0 Å². The number of hydrogen-bond acceptors (Lipinski definition) is 4. The van der Waals surface area contributed by atoms with E-state index in [1.165, 1.54) is 10.4 Å². The van der Waals surface area contributed by atoms with Crippen molar-refractivity contribution in [1.29, 1.82) is 0 Å². The fraction of sp³-hybridized carbons (Fsp3) is 0.688. The van der Waals surface area contributed by atoms with Gasteiger partial charge >= 0.3 is 6.03 Å². The van der Waals surface area contributed by atoms with Gasteiger partial charge in [-0.15, -0.1) is 11.3 Å². The smallest absolute Gasteiger partial charge is 0.314 e. The summed E-state index contributed by atoms with van der Waals surface area (Å²) in [5.41, 5.74) is 1.43. The first-order chi connectivity index (χ1) is 10.6. The van der Waals surface area contributed by atoms with E-state index in [2.05, 4.69) is 33.9 Å². The van der Waals surface area contributed by atoms with Gasteiger partial charge in [-0.25, -0.2) is 4.79 Å². The lowest BCUT2D eigenvalue weighted by molar-refractivity contribution is 0.159. The Kier molecular flexibility index (Phi) is 6.67. The summed E-state index contributed by atoms with van der Waals surface area (Å²) in [6, 6.07) is 2.38. The van der Waals surface area contributed by atoms with E-state index in [4.69, 9.17) is 0 Å². The van der Waals surface area contributed by atoms with Gasteiger partial charge in [0.15, 0.2) is 0 Å². The molecule has 1 aromatic rings. The van der Waals surface area contributed by atoms with Crippen LogP contribution in [-0.4, -0.2) is 47.8 Å². The second-order valence-electron chi connectivity index (χ2n) is 5.93. The molecule has 3 N–H and O–H groups in total. The molecule has 1 aliphatic heterocycles. The van der Waals surface area contributed by atoms with Gasteiger partial charge in [0.2, 0.25) is 0 Å². The monoisotopic (exact) mass is 325 g/mol. The van der Waals surface area contributed by atoms with Gasteiger partial charge in [-0.2, -0.15) is 0 Å².